The molecule has 25 heavy (non-hydrogen) atoms. The monoisotopic (exact) mass is 367 g/mol. The molecule has 136 valence electrons. The van der Waals surface area contributed by atoms with Crippen molar-refractivity contribution in [2.45, 2.75) is 24.7 Å². The summed E-state index contributed by atoms with van der Waals surface area (Å²) in [6.07, 6.45) is 1.58. The Morgan fingerprint density at radius 1 is 1.28 bits per heavy atom. The van der Waals surface area contributed by atoms with Crippen molar-refractivity contribution < 1.29 is 22.4 Å². The van der Waals surface area contributed by atoms with Crippen LogP contribution in [0.3, 0.4) is 0 Å². The van der Waals surface area contributed by atoms with Crippen LogP contribution >= 0.6 is 0 Å². The Kier molecular flexibility index (Phi) is 5.36. The molecule has 1 aliphatic rings. The van der Waals surface area contributed by atoms with Gasteiger partial charge in [-0.3, -0.25) is 0 Å². The lowest BCUT2D eigenvalue weighted by atomic mass is 10.2. The number of sulfonamides is 1. The van der Waals surface area contributed by atoms with Crippen LogP contribution < -0.4 is 4.74 Å². The third kappa shape index (κ3) is 3.68. The van der Waals surface area contributed by atoms with E-state index in [1.807, 2.05) is 6.92 Å². The van der Waals surface area contributed by atoms with Crippen molar-refractivity contribution in [1.29, 1.82) is 0 Å². The lowest BCUT2D eigenvalue weighted by Gasteiger charge is -2.26. The van der Waals surface area contributed by atoms with Crippen molar-refractivity contribution in [2.24, 2.45) is 0 Å². The maximum Gasteiger partial charge on any atom is 0.261 e. The number of ether oxygens (including phenoxy) is 2. The van der Waals surface area contributed by atoms with Gasteiger partial charge < -0.3 is 14.0 Å². The van der Waals surface area contributed by atoms with Gasteiger partial charge in [-0.05, 0) is 24.6 Å². The van der Waals surface area contributed by atoms with Crippen molar-refractivity contribution in [3.63, 3.8) is 0 Å². The second-order valence-corrected chi connectivity index (χ2v) is 7.58. The minimum absolute atomic E-state index is 0.167. The topological polar surface area (TPSA) is 94.8 Å². The summed E-state index contributed by atoms with van der Waals surface area (Å²) in [5, 5.41) is 3.92. The molecular formula is C16H21N3O5S. The summed E-state index contributed by atoms with van der Waals surface area (Å²) in [6.45, 7) is 3.49. The number of benzene rings is 1. The van der Waals surface area contributed by atoms with Gasteiger partial charge in [0, 0.05) is 19.5 Å². The number of hydrogen-bond acceptors (Lipinski definition) is 7. The van der Waals surface area contributed by atoms with E-state index in [4.69, 9.17) is 14.0 Å². The molecule has 1 saturated heterocycles. The van der Waals surface area contributed by atoms with E-state index in [-0.39, 0.29) is 10.8 Å². The Labute approximate surface area is 146 Å². The summed E-state index contributed by atoms with van der Waals surface area (Å²) in [5.41, 5.74) is 0.465. The molecule has 2 heterocycles. The molecule has 1 fully saturated rings. The minimum Gasteiger partial charge on any atom is -0.496 e. The first-order valence-electron chi connectivity index (χ1n) is 8.15. The summed E-state index contributed by atoms with van der Waals surface area (Å²) in [7, 11) is -2.10. The van der Waals surface area contributed by atoms with Gasteiger partial charge in [0.15, 0.2) is 5.82 Å². The summed E-state index contributed by atoms with van der Waals surface area (Å²) in [4.78, 5) is 4.50. The third-order valence-corrected chi connectivity index (χ3v) is 5.85. The Hall–Kier alpha value is -1.97. The molecule has 0 spiro atoms. The number of rotatable bonds is 6. The number of aromatic nitrogens is 2. The van der Waals surface area contributed by atoms with Gasteiger partial charge in [-0.1, -0.05) is 12.1 Å². The molecule has 3 rings (SSSR count). The van der Waals surface area contributed by atoms with Gasteiger partial charge in [-0.25, -0.2) is 8.42 Å². The molecule has 9 heteroatoms. The van der Waals surface area contributed by atoms with Crippen molar-refractivity contribution in [2.75, 3.05) is 33.4 Å². The van der Waals surface area contributed by atoms with Gasteiger partial charge in [0.05, 0.1) is 30.8 Å². The average Bonchev–Trinajstić information content (AvgIpc) is 3.10. The highest BCUT2D eigenvalue weighted by molar-refractivity contribution is 7.89. The number of aryl methyl sites for hydroxylation is 1. The second kappa shape index (κ2) is 7.51. The predicted octanol–water partition coefficient (Wildman–Crippen LogP) is 1.72. The quantitative estimate of drug-likeness (QED) is 0.767. The molecular weight excluding hydrogens is 346 g/mol. The number of nitrogens with zero attached hydrogens (tertiary/aromatic N) is 3. The number of methoxy groups -OCH3 is 1. The van der Waals surface area contributed by atoms with Gasteiger partial charge >= 0.3 is 0 Å². The predicted molar refractivity (Wildman–Crippen MR) is 89.9 cm³/mol. The first kappa shape index (κ1) is 17.8. The highest BCUT2D eigenvalue weighted by atomic mass is 32.2. The molecule has 1 aromatic heterocycles. The molecule has 0 aliphatic carbocycles. The Balaban J connectivity index is 1.99. The van der Waals surface area contributed by atoms with E-state index in [9.17, 15) is 8.42 Å². The fourth-order valence-electron chi connectivity index (χ4n) is 2.64. The van der Waals surface area contributed by atoms with Gasteiger partial charge in [0.25, 0.3) is 5.89 Å². The standard InChI is InChI=1S/C16H21N3O5S/c1-3-4-15-17-16(24-18-15)13-11-12(5-6-14(13)22-2)25(20,21)19-7-9-23-10-8-19/h5-6,11H,3-4,7-10H2,1-2H3. The zero-order valence-electron chi connectivity index (χ0n) is 14.3. The second-order valence-electron chi connectivity index (χ2n) is 5.64. The number of hydrogen-bond donors (Lipinski definition) is 0. The van der Waals surface area contributed by atoms with Crippen molar-refractivity contribution in [3.8, 4) is 17.2 Å². The molecule has 0 saturated carbocycles. The maximum absolute atomic E-state index is 12.8. The fourth-order valence-corrected chi connectivity index (χ4v) is 4.07. The van der Waals surface area contributed by atoms with E-state index in [1.54, 1.807) is 6.07 Å². The largest absolute Gasteiger partial charge is 0.496 e. The summed E-state index contributed by atoms with van der Waals surface area (Å²) in [5.74, 6) is 1.31. The van der Waals surface area contributed by atoms with E-state index < -0.39 is 10.0 Å². The van der Waals surface area contributed by atoms with Crippen LogP contribution in [0.2, 0.25) is 0 Å². The van der Waals surface area contributed by atoms with Gasteiger partial charge in [-0.15, -0.1) is 0 Å². The van der Waals surface area contributed by atoms with Gasteiger partial charge in [0.1, 0.15) is 5.75 Å². The first-order valence-corrected chi connectivity index (χ1v) is 9.59. The summed E-state index contributed by atoms with van der Waals surface area (Å²) >= 11 is 0. The van der Waals surface area contributed by atoms with Crippen LogP contribution in [0.4, 0.5) is 0 Å². The fraction of sp³-hybridized carbons (Fsp3) is 0.500. The van der Waals surface area contributed by atoms with Crippen LogP contribution in [0.15, 0.2) is 27.6 Å². The van der Waals surface area contributed by atoms with Crippen LogP contribution in [0.5, 0.6) is 5.75 Å². The van der Waals surface area contributed by atoms with Gasteiger partial charge in [-0.2, -0.15) is 9.29 Å². The lowest BCUT2D eigenvalue weighted by molar-refractivity contribution is 0.0730. The van der Waals surface area contributed by atoms with Crippen LogP contribution in [0.25, 0.3) is 11.5 Å². The Bertz CT molecular complexity index is 828. The lowest BCUT2D eigenvalue weighted by Crippen LogP contribution is -2.40. The van der Waals surface area contributed by atoms with Crippen LogP contribution in [-0.2, 0) is 21.2 Å². The smallest absolute Gasteiger partial charge is 0.261 e. The molecule has 0 amide bonds. The van der Waals surface area contributed by atoms with Crippen LogP contribution in [-0.4, -0.2) is 56.3 Å². The SMILES string of the molecule is CCCc1noc(-c2cc(S(=O)(=O)N3CCOCC3)ccc2OC)n1. The Morgan fingerprint density at radius 3 is 2.72 bits per heavy atom. The first-order chi connectivity index (χ1) is 12.1. The van der Waals surface area contributed by atoms with E-state index in [2.05, 4.69) is 10.1 Å². The molecule has 8 nitrogen and oxygen atoms in total. The molecule has 1 aromatic carbocycles. The molecule has 0 radical (unpaired) electrons. The zero-order valence-corrected chi connectivity index (χ0v) is 15.1. The third-order valence-electron chi connectivity index (χ3n) is 3.95. The van der Waals surface area contributed by atoms with E-state index >= 15 is 0 Å². The highest BCUT2D eigenvalue weighted by Gasteiger charge is 2.28. The molecule has 0 bridgehead atoms. The molecule has 0 N–H and O–H groups in total. The Morgan fingerprint density at radius 2 is 2.04 bits per heavy atom. The van der Waals surface area contributed by atoms with Crippen molar-refractivity contribution >= 4 is 10.0 Å². The molecule has 0 unspecified atom stereocenters. The normalized spacial score (nSPS) is 16.1. The molecule has 0 atom stereocenters. The van der Waals surface area contributed by atoms with E-state index in [0.717, 1.165) is 6.42 Å². The summed E-state index contributed by atoms with van der Waals surface area (Å²) < 4.78 is 42.9. The van der Waals surface area contributed by atoms with Crippen LogP contribution in [0, 0.1) is 0 Å². The van der Waals surface area contributed by atoms with Crippen LogP contribution in [0.1, 0.15) is 19.2 Å². The minimum atomic E-state index is -3.61. The van der Waals surface area contributed by atoms with Crippen molar-refractivity contribution in [1.82, 2.24) is 14.4 Å². The maximum atomic E-state index is 12.8. The highest BCUT2D eigenvalue weighted by Crippen LogP contribution is 2.32. The van der Waals surface area contributed by atoms with E-state index in [1.165, 1.54) is 23.5 Å². The molecule has 1 aliphatic heterocycles. The zero-order chi connectivity index (χ0) is 17.9. The summed E-state index contributed by atoms with van der Waals surface area (Å²) in [6, 6.07) is 4.65. The van der Waals surface area contributed by atoms with Gasteiger partial charge in [0.2, 0.25) is 10.0 Å². The molecule has 2 aromatic rings. The van der Waals surface area contributed by atoms with Crippen molar-refractivity contribution in [3.05, 3.63) is 24.0 Å². The van der Waals surface area contributed by atoms with E-state index in [0.29, 0.717) is 49.9 Å². The number of morpholine rings is 1. The average molecular weight is 367 g/mol.